The molecule has 2 N–H and O–H groups in total. The molecule has 0 unspecified atom stereocenters. The van der Waals surface area contributed by atoms with E-state index < -0.39 is 0 Å². The van der Waals surface area contributed by atoms with E-state index in [4.69, 9.17) is 0 Å². The van der Waals surface area contributed by atoms with Crippen LogP contribution in [0, 0.1) is 5.92 Å². The Kier molecular flexibility index (Phi) is 7.23. The quantitative estimate of drug-likeness (QED) is 0.622. The van der Waals surface area contributed by atoms with Gasteiger partial charge in [0.1, 0.15) is 0 Å². The van der Waals surface area contributed by atoms with Crippen molar-refractivity contribution in [3.05, 3.63) is 0 Å². The minimum absolute atomic E-state index is 0.139. The maximum atomic E-state index is 11.3. The van der Waals surface area contributed by atoms with Gasteiger partial charge in [0.05, 0.1) is 6.54 Å². The van der Waals surface area contributed by atoms with Crippen molar-refractivity contribution in [3.8, 4) is 0 Å². The molecule has 1 saturated carbocycles. The first-order valence-corrected chi connectivity index (χ1v) is 6.80. The Bertz CT molecular complexity index is 188. The van der Waals surface area contributed by atoms with Crippen LogP contribution in [0.3, 0.4) is 0 Å². The van der Waals surface area contributed by atoms with Crippen LogP contribution in [0.5, 0.6) is 0 Å². The third-order valence-electron chi connectivity index (χ3n) is 3.34. The fourth-order valence-electron chi connectivity index (χ4n) is 2.27. The van der Waals surface area contributed by atoms with Gasteiger partial charge in [-0.25, -0.2) is 0 Å². The summed E-state index contributed by atoms with van der Waals surface area (Å²) in [6.07, 6.45) is 9.05. The molecule has 0 heterocycles. The van der Waals surface area contributed by atoms with Crippen LogP contribution in [0.2, 0.25) is 0 Å². The molecule has 1 amide bonds. The maximum Gasteiger partial charge on any atom is 0.233 e. The summed E-state index contributed by atoms with van der Waals surface area (Å²) >= 11 is 0. The van der Waals surface area contributed by atoms with Crippen molar-refractivity contribution < 1.29 is 4.79 Å². The number of carbonyl (C=O) groups excluding carboxylic acids is 1. The first-order valence-electron chi connectivity index (χ1n) is 6.80. The molecular weight excluding hydrogens is 200 g/mol. The number of nitrogens with one attached hydrogen (secondary N) is 2. The zero-order chi connectivity index (χ0) is 11.6. The second kappa shape index (κ2) is 8.57. The second-order valence-corrected chi connectivity index (χ2v) is 4.82. The van der Waals surface area contributed by atoms with Gasteiger partial charge in [0.25, 0.3) is 0 Å². The van der Waals surface area contributed by atoms with Crippen LogP contribution in [0.15, 0.2) is 0 Å². The molecule has 0 saturated heterocycles. The van der Waals surface area contributed by atoms with Crippen molar-refractivity contribution >= 4 is 5.91 Å². The maximum absolute atomic E-state index is 11.3. The predicted molar refractivity (Wildman–Crippen MR) is 67.4 cm³/mol. The fraction of sp³-hybridized carbons (Fsp3) is 0.923. The number of carbonyl (C=O) groups is 1. The summed E-state index contributed by atoms with van der Waals surface area (Å²) in [5, 5.41) is 6.14. The van der Waals surface area contributed by atoms with Crippen LogP contribution in [0.1, 0.15) is 51.9 Å². The monoisotopic (exact) mass is 226 g/mol. The van der Waals surface area contributed by atoms with Crippen LogP contribution >= 0.6 is 0 Å². The number of unbranched alkanes of at least 4 members (excludes halogenated alkanes) is 1. The van der Waals surface area contributed by atoms with E-state index >= 15 is 0 Å². The summed E-state index contributed by atoms with van der Waals surface area (Å²) in [7, 11) is 0. The number of amides is 1. The van der Waals surface area contributed by atoms with E-state index in [9.17, 15) is 4.79 Å². The molecule has 0 atom stereocenters. The first-order chi connectivity index (χ1) is 7.83. The van der Waals surface area contributed by atoms with E-state index in [1.807, 2.05) is 0 Å². The van der Waals surface area contributed by atoms with Crippen LogP contribution in [0.25, 0.3) is 0 Å². The van der Waals surface area contributed by atoms with Gasteiger partial charge in [-0.1, -0.05) is 39.0 Å². The van der Waals surface area contributed by atoms with Crippen LogP contribution in [-0.4, -0.2) is 25.5 Å². The molecule has 0 aromatic rings. The van der Waals surface area contributed by atoms with Gasteiger partial charge in [0, 0.05) is 6.54 Å². The summed E-state index contributed by atoms with van der Waals surface area (Å²) in [5.41, 5.74) is 0. The van der Waals surface area contributed by atoms with Gasteiger partial charge in [-0.3, -0.25) is 4.79 Å². The van der Waals surface area contributed by atoms with Crippen molar-refractivity contribution in [2.75, 3.05) is 19.6 Å². The minimum atomic E-state index is 0.139. The van der Waals surface area contributed by atoms with Gasteiger partial charge in [0.15, 0.2) is 0 Å². The van der Waals surface area contributed by atoms with Gasteiger partial charge in [-0.2, -0.15) is 0 Å². The van der Waals surface area contributed by atoms with Gasteiger partial charge >= 0.3 is 0 Å². The van der Waals surface area contributed by atoms with Crippen molar-refractivity contribution in [3.63, 3.8) is 0 Å². The van der Waals surface area contributed by atoms with Gasteiger partial charge in [-0.05, 0) is 25.3 Å². The molecule has 94 valence electrons. The molecule has 1 aliphatic carbocycles. The summed E-state index contributed by atoms with van der Waals surface area (Å²) in [6.45, 7) is 4.42. The Balaban J connectivity index is 1.87. The molecule has 1 aliphatic rings. The first kappa shape index (κ1) is 13.5. The van der Waals surface area contributed by atoms with Crippen LogP contribution in [0.4, 0.5) is 0 Å². The lowest BCUT2D eigenvalue weighted by Crippen LogP contribution is -2.35. The largest absolute Gasteiger partial charge is 0.355 e. The van der Waals surface area contributed by atoms with E-state index in [2.05, 4.69) is 17.6 Å². The molecule has 3 heteroatoms. The smallest absolute Gasteiger partial charge is 0.233 e. The number of hydrogen-bond acceptors (Lipinski definition) is 2. The average molecular weight is 226 g/mol. The van der Waals surface area contributed by atoms with Crippen molar-refractivity contribution in [1.29, 1.82) is 0 Å². The summed E-state index contributed by atoms with van der Waals surface area (Å²) in [4.78, 5) is 11.3. The normalized spacial score (nSPS) is 16.6. The van der Waals surface area contributed by atoms with E-state index in [1.165, 1.54) is 32.1 Å². The molecular formula is C13H26N2O. The molecule has 0 spiro atoms. The molecule has 0 radical (unpaired) electrons. The third kappa shape index (κ3) is 6.11. The lowest BCUT2D eigenvalue weighted by molar-refractivity contribution is -0.120. The molecule has 0 bridgehead atoms. The van der Waals surface area contributed by atoms with E-state index in [1.54, 1.807) is 0 Å². The lowest BCUT2D eigenvalue weighted by Gasteiger charge is -2.09. The minimum Gasteiger partial charge on any atom is -0.355 e. The fourth-order valence-corrected chi connectivity index (χ4v) is 2.27. The SMILES string of the molecule is CCCCNC(=O)CNCCC1CCCC1. The molecule has 0 aromatic carbocycles. The highest BCUT2D eigenvalue weighted by Gasteiger charge is 2.13. The van der Waals surface area contributed by atoms with Gasteiger partial charge in [-0.15, -0.1) is 0 Å². The third-order valence-corrected chi connectivity index (χ3v) is 3.34. The van der Waals surface area contributed by atoms with E-state index in [0.717, 1.165) is 31.8 Å². The molecule has 1 rings (SSSR count). The zero-order valence-corrected chi connectivity index (χ0v) is 10.6. The highest BCUT2D eigenvalue weighted by Crippen LogP contribution is 2.26. The Morgan fingerprint density at radius 3 is 2.69 bits per heavy atom. The van der Waals surface area contributed by atoms with Gasteiger partial charge < -0.3 is 10.6 Å². The Morgan fingerprint density at radius 1 is 1.25 bits per heavy atom. The van der Waals surface area contributed by atoms with Gasteiger partial charge in [0.2, 0.25) is 5.91 Å². The Morgan fingerprint density at radius 2 is 2.00 bits per heavy atom. The second-order valence-electron chi connectivity index (χ2n) is 4.82. The van der Waals surface area contributed by atoms with Crippen molar-refractivity contribution in [2.45, 2.75) is 51.9 Å². The topological polar surface area (TPSA) is 41.1 Å². The summed E-state index contributed by atoms with van der Waals surface area (Å²) in [5.74, 6) is 1.05. The number of rotatable bonds is 8. The van der Waals surface area contributed by atoms with Crippen LogP contribution in [-0.2, 0) is 4.79 Å². The lowest BCUT2D eigenvalue weighted by atomic mass is 10.0. The summed E-state index contributed by atoms with van der Waals surface area (Å²) in [6, 6.07) is 0. The van der Waals surface area contributed by atoms with Crippen LogP contribution < -0.4 is 10.6 Å². The molecule has 1 fully saturated rings. The predicted octanol–water partition coefficient (Wildman–Crippen LogP) is 2.07. The molecule has 0 aliphatic heterocycles. The Labute approximate surface area is 99.4 Å². The highest BCUT2D eigenvalue weighted by atomic mass is 16.1. The zero-order valence-electron chi connectivity index (χ0n) is 10.6. The van der Waals surface area contributed by atoms with Crippen molar-refractivity contribution in [2.24, 2.45) is 5.92 Å². The standard InChI is InChI=1S/C13H26N2O/c1-2-3-9-15-13(16)11-14-10-8-12-6-4-5-7-12/h12,14H,2-11H2,1H3,(H,15,16). The van der Waals surface area contributed by atoms with E-state index in [-0.39, 0.29) is 5.91 Å². The average Bonchev–Trinajstić information content (AvgIpc) is 2.78. The van der Waals surface area contributed by atoms with Crippen molar-refractivity contribution in [1.82, 2.24) is 10.6 Å². The number of hydrogen-bond donors (Lipinski definition) is 2. The Hall–Kier alpha value is -0.570. The summed E-state index contributed by atoms with van der Waals surface area (Å²) < 4.78 is 0. The van der Waals surface area contributed by atoms with E-state index in [0.29, 0.717) is 6.54 Å². The molecule has 16 heavy (non-hydrogen) atoms. The molecule has 3 nitrogen and oxygen atoms in total. The molecule has 0 aromatic heterocycles. The highest BCUT2D eigenvalue weighted by molar-refractivity contribution is 5.77.